The molecule has 2 aliphatic rings. The average Bonchev–Trinajstić information content (AvgIpc) is 3.15. The van der Waals surface area contributed by atoms with Crippen molar-refractivity contribution in [3.05, 3.63) is 47.2 Å². The molecule has 2 amide bonds. The molecule has 4 rings (SSSR count). The Kier molecular flexibility index (Phi) is 6.01. The number of fused-ring (bicyclic) bond motifs is 1. The zero-order chi connectivity index (χ0) is 22.1. The van der Waals surface area contributed by atoms with Crippen molar-refractivity contribution in [3.8, 4) is 0 Å². The Bertz CT molecular complexity index is 1060. The summed E-state index contributed by atoms with van der Waals surface area (Å²) in [5.74, 6) is -1.50. The highest BCUT2D eigenvalue weighted by molar-refractivity contribution is 8.01. The molecule has 1 saturated heterocycles. The van der Waals surface area contributed by atoms with Gasteiger partial charge in [0.05, 0.1) is 6.42 Å². The van der Waals surface area contributed by atoms with Crippen molar-refractivity contribution >= 4 is 41.3 Å². The molecule has 2 aromatic rings. The molecular weight excluding hydrogens is 440 g/mol. The third-order valence-corrected chi connectivity index (χ3v) is 7.60. The van der Waals surface area contributed by atoms with Gasteiger partial charge in [0.2, 0.25) is 11.1 Å². The van der Waals surface area contributed by atoms with Crippen molar-refractivity contribution in [1.29, 1.82) is 0 Å². The minimum absolute atomic E-state index is 0.0163. The number of nitrogens with zero attached hydrogens (tertiary/aromatic N) is 5. The molecule has 162 valence electrons. The maximum absolute atomic E-state index is 12.8. The van der Waals surface area contributed by atoms with Gasteiger partial charge in [-0.2, -0.15) is 0 Å². The van der Waals surface area contributed by atoms with Gasteiger partial charge in [-0.25, -0.2) is 9.48 Å². The number of hydrogen-bond acceptors (Lipinski definition) is 8. The van der Waals surface area contributed by atoms with Crippen LogP contribution in [0.25, 0.3) is 0 Å². The molecule has 1 aromatic heterocycles. The molecule has 12 heteroatoms. The summed E-state index contributed by atoms with van der Waals surface area (Å²) >= 11 is 2.78. The summed E-state index contributed by atoms with van der Waals surface area (Å²) in [6.45, 7) is 1.90. The van der Waals surface area contributed by atoms with Crippen molar-refractivity contribution in [2.45, 2.75) is 35.2 Å². The predicted octanol–water partition coefficient (Wildman–Crippen LogP) is 0.672. The first-order valence-electron chi connectivity index (χ1n) is 9.50. The fourth-order valence-corrected chi connectivity index (χ4v) is 6.07. The summed E-state index contributed by atoms with van der Waals surface area (Å²) in [4.78, 5) is 38.5. The minimum atomic E-state index is -1.16. The third kappa shape index (κ3) is 4.17. The van der Waals surface area contributed by atoms with E-state index in [1.165, 1.54) is 33.1 Å². The van der Waals surface area contributed by atoms with Gasteiger partial charge in [0.25, 0.3) is 5.91 Å². The molecule has 10 nitrogen and oxygen atoms in total. The van der Waals surface area contributed by atoms with Gasteiger partial charge in [0, 0.05) is 18.1 Å². The average molecular weight is 461 g/mol. The fraction of sp³-hybridized carbons (Fsp3) is 0.368. The third-order valence-electron chi connectivity index (χ3n) is 5.09. The molecule has 1 aromatic carbocycles. The number of carboxylic acid groups (broad SMARTS) is 1. The Morgan fingerprint density at radius 1 is 1.29 bits per heavy atom. The summed E-state index contributed by atoms with van der Waals surface area (Å²) < 4.78 is 1.50. The van der Waals surface area contributed by atoms with Crippen molar-refractivity contribution in [2.24, 2.45) is 7.05 Å². The smallest absolute Gasteiger partial charge is 0.352 e. The Hall–Kier alpha value is -2.86. The number of aromatic nitrogens is 4. The van der Waals surface area contributed by atoms with Crippen LogP contribution >= 0.6 is 23.5 Å². The molecule has 2 aliphatic heterocycles. The molecule has 3 heterocycles. The molecule has 2 N–H and O–H groups in total. The molecule has 1 unspecified atom stereocenters. The number of nitrogens with one attached hydrogen (secondary N) is 1. The Balaban J connectivity index is 1.48. The van der Waals surface area contributed by atoms with E-state index >= 15 is 0 Å². The second-order valence-electron chi connectivity index (χ2n) is 7.14. The van der Waals surface area contributed by atoms with E-state index in [1.54, 1.807) is 7.05 Å². The van der Waals surface area contributed by atoms with Crippen molar-refractivity contribution in [3.63, 3.8) is 0 Å². The highest BCUT2D eigenvalue weighted by Gasteiger charge is 2.55. The summed E-state index contributed by atoms with van der Waals surface area (Å²) in [7, 11) is 1.70. The lowest BCUT2D eigenvalue weighted by Gasteiger charge is -2.51. The lowest BCUT2D eigenvalue weighted by Crippen LogP contribution is -2.71. The van der Waals surface area contributed by atoms with E-state index in [4.69, 9.17) is 0 Å². The number of aryl methyl sites for hydroxylation is 1. The van der Waals surface area contributed by atoms with Crippen LogP contribution in [-0.2, 0) is 27.9 Å². The first kappa shape index (κ1) is 21.4. The van der Waals surface area contributed by atoms with Crippen LogP contribution in [0.2, 0.25) is 0 Å². The van der Waals surface area contributed by atoms with E-state index in [-0.39, 0.29) is 23.3 Å². The number of thioether (sulfide) groups is 2. The van der Waals surface area contributed by atoms with Crippen LogP contribution in [0.1, 0.15) is 12.5 Å². The van der Waals surface area contributed by atoms with Crippen molar-refractivity contribution < 1.29 is 19.5 Å². The first-order chi connectivity index (χ1) is 14.9. The number of aliphatic carboxylic acids is 1. The summed E-state index contributed by atoms with van der Waals surface area (Å²) in [5, 5.41) is 23.8. The van der Waals surface area contributed by atoms with Crippen molar-refractivity contribution in [1.82, 2.24) is 30.4 Å². The summed E-state index contributed by atoms with van der Waals surface area (Å²) in [5.41, 5.74) is 1.46. The molecule has 0 bridgehead atoms. The monoisotopic (exact) mass is 460 g/mol. The van der Waals surface area contributed by atoms with E-state index in [0.717, 1.165) is 5.56 Å². The van der Waals surface area contributed by atoms with Crippen LogP contribution in [0.15, 0.2) is 46.8 Å². The highest BCUT2D eigenvalue weighted by Crippen LogP contribution is 2.45. The van der Waals surface area contributed by atoms with E-state index in [0.29, 0.717) is 16.5 Å². The summed E-state index contributed by atoms with van der Waals surface area (Å²) in [6.07, 6.45) is 0.160. The molecule has 3 atom stereocenters. The Morgan fingerprint density at radius 3 is 2.68 bits per heavy atom. The number of amides is 2. The number of carbonyl (C=O) groups is 3. The van der Waals surface area contributed by atoms with Crippen LogP contribution in [0.4, 0.5) is 0 Å². The Labute approximate surface area is 186 Å². The second-order valence-corrected chi connectivity index (χ2v) is 9.54. The number of carbonyl (C=O) groups excluding carboxylic acids is 2. The zero-order valence-corrected chi connectivity index (χ0v) is 18.4. The SMILES string of the molecule is C[C@H]1S[C@@H]2C(NC(=O)Cc3ccccc3)C(=O)N2C(C(=O)O)=C1CSc1nnnn1C. The molecule has 1 fully saturated rings. The lowest BCUT2D eigenvalue weighted by molar-refractivity contribution is -0.150. The fourth-order valence-electron chi connectivity index (χ4n) is 3.53. The Morgan fingerprint density at radius 2 is 2.03 bits per heavy atom. The zero-order valence-electron chi connectivity index (χ0n) is 16.8. The van der Waals surface area contributed by atoms with Gasteiger partial charge in [0.1, 0.15) is 17.1 Å². The number of hydrogen-bond donors (Lipinski definition) is 2. The van der Waals surface area contributed by atoms with E-state index in [2.05, 4.69) is 20.8 Å². The van der Waals surface area contributed by atoms with E-state index in [9.17, 15) is 19.5 Å². The van der Waals surface area contributed by atoms with Crippen LogP contribution in [0, 0.1) is 0 Å². The topological polar surface area (TPSA) is 130 Å². The predicted molar refractivity (Wildman–Crippen MR) is 114 cm³/mol. The van der Waals surface area contributed by atoms with Gasteiger partial charge in [-0.3, -0.25) is 14.5 Å². The maximum atomic E-state index is 12.8. The van der Waals surface area contributed by atoms with Crippen molar-refractivity contribution in [2.75, 3.05) is 5.75 Å². The molecular formula is C19H20N6O4S2. The van der Waals surface area contributed by atoms with Crippen LogP contribution in [0.3, 0.4) is 0 Å². The van der Waals surface area contributed by atoms with Gasteiger partial charge in [0.15, 0.2) is 0 Å². The standard InChI is InChI=1S/C19H20N6O4S2/c1-10-12(9-30-19-21-22-23-24(19)2)15(18(28)29)25-16(27)14(17(25)31-10)20-13(26)8-11-6-4-3-5-7-11/h3-7,10,14,17H,8-9H2,1-2H3,(H,20,26)(H,28,29)/t10-,14?,17-/m1/s1. The van der Waals surface area contributed by atoms with Gasteiger partial charge in [-0.1, -0.05) is 42.1 Å². The number of β-lactam (4-membered cyclic amide) rings is 1. The number of rotatable bonds is 7. The molecule has 0 saturated carbocycles. The number of tetrazole rings is 1. The van der Waals surface area contributed by atoms with Gasteiger partial charge in [-0.05, 0) is 28.5 Å². The second kappa shape index (κ2) is 8.71. The van der Waals surface area contributed by atoms with Crippen LogP contribution in [-0.4, -0.2) is 70.4 Å². The largest absolute Gasteiger partial charge is 0.477 e. The number of benzene rings is 1. The van der Waals surface area contributed by atoms with E-state index in [1.807, 2.05) is 37.3 Å². The van der Waals surface area contributed by atoms with Gasteiger partial charge < -0.3 is 10.4 Å². The molecule has 0 aliphatic carbocycles. The maximum Gasteiger partial charge on any atom is 0.352 e. The van der Waals surface area contributed by atoms with Gasteiger partial charge in [-0.15, -0.1) is 16.9 Å². The highest BCUT2D eigenvalue weighted by atomic mass is 32.2. The lowest BCUT2D eigenvalue weighted by atomic mass is 10.0. The van der Waals surface area contributed by atoms with Gasteiger partial charge >= 0.3 is 5.97 Å². The quantitative estimate of drug-likeness (QED) is 0.452. The normalized spacial score (nSPS) is 22.7. The van der Waals surface area contributed by atoms with E-state index < -0.39 is 23.3 Å². The molecule has 0 spiro atoms. The number of carboxylic acids is 1. The molecule has 31 heavy (non-hydrogen) atoms. The first-order valence-corrected chi connectivity index (χ1v) is 11.4. The molecule has 0 radical (unpaired) electrons. The minimum Gasteiger partial charge on any atom is -0.477 e. The summed E-state index contributed by atoms with van der Waals surface area (Å²) in [6, 6.07) is 8.50. The van der Waals surface area contributed by atoms with Crippen LogP contribution in [0.5, 0.6) is 0 Å². The van der Waals surface area contributed by atoms with Crippen LogP contribution < -0.4 is 5.32 Å².